The topological polar surface area (TPSA) is 61.8 Å². The SMILES string of the molecule is COc1ccc(C)cc1C(C)N1CCNCC1C(=O)O. The first-order valence-corrected chi connectivity index (χ1v) is 6.88. The van der Waals surface area contributed by atoms with Gasteiger partial charge in [-0.25, -0.2) is 0 Å². The minimum Gasteiger partial charge on any atom is -0.496 e. The number of carbonyl (C=O) groups is 1. The number of ether oxygens (including phenoxy) is 1. The van der Waals surface area contributed by atoms with Gasteiger partial charge in [0.1, 0.15) is 11.8 Å². The highest BCUT2D eigenvalue weighted by molar-refractivity contribution is 5.74. The lowest BCUT2D eigenvalue weighted by molar-refractivity contribution is -0.145. The number of nitrogens with zero attached hydrogens (tertiary/aromatic N) is 1. The largest absolute Gasteiger partial charge is 0.496 e. The summed E-state index contributed by atoms with van der Waals surface area (Å²) in [4.78, 5) is 13.4. The standard InChI is InChI=1S/C15H22N2O3/c1-10-4-5-14(20-3)12(8-10)11(2)17-7-6-16-9-13(17)15(18)19/h4-5,8,11,13,16H,6-7,9H2,1-3H3,(H,18,19). The van der Waals surface area contributed by atoms with Gasteiger partial charge in [-0.1, -0.05) is 17.7 Å². The number of piperazine rings is 1. The Balaban J connectivity index is 2.31. The predicted molar refractivity (Wildman–Crippen MR) is 77.1 cm³/mol. The Hall–Kier alpha value is -1.59. The van der Waals surface area contributed by atoms with Crippen LogP contribution in [-0.4, -0.2) is 48.8 Å². The zero-order valence-electron chi connectivity index (χ0n) is 12.2. The van der Waals surface area contributed by atoms with Crippen LogP contribution in [0.3, 0.4) is 0 Å². The Morgan fingerprint density at radius 2 is 2.30 bits per heavy atom. The van der Waals surface area contributed by atoms with E-state index in [1.54, 1.807) is 7.11 Å². The van der Waals surface area contributed by atoms with Crippen LogP contribution in [0.1, 0.15) is 24.1 Å². The second kappa shape index (κ2) is 6.24. The number of rotatable bonds is 4. The van der Waals surface area contributed by atoms with Crippen LogP contribution in [0.4, 0.5) is 0 Å². The van der Waals surface area contributed by atoms with Crippen LogP contribution in [0, 0.1) is 6.92 Å². The molecule has 2 unspecified atom stereocenters. The van der Waals surface area contributed by atoms with E-state index in [1.165, 1.54) is 0 Å². The van der Waals surface area contributed by atoms with E-state index < -0.39 is 12.0 Å². The van der Waals surface area contributed by atoms with Crippen LogP contribution in [0.25, 0.3) is 0 Å². The van der Waals surface area contributed by atoms with Gasteiger partial charge >= 0.3 is 5.97 Å². The van der Waals surface area contributed by atoms with Crippen LogP contribution in [0.2, 0.25) is 0 Å². The van der Waals surface area contributed by atoms with Gasteiger partial charge in [0.05, 0.1) is 7.11 Å². The highest BCUT2D eigenvalue weighted by Crippen LogP contribution is 2.31. The fourth-order valence-electron chi connectivity index (χ4n) is 2.77. The number of carboxylic acids is 1. The summed E-state index contributed by atoms with van der Waals surface area (Å²) in [6.07, 6.45) is 0. The van der Waals surface area contributed by atoms with E-state index in [1.807, 2.05) is 30.9 Å². The molecule has 1 saturated heterocycles. The number of methoxy groups -OCH3 is 1. The molecule has 1 aliphatic rings. The fourth-order valence-corrected chi connectivity index (χ4v) is 2.77. The molecule has 5 nitrogen and oxygen atoms in total. The van der Waals surface area contributed by atoms with Gasteiger partial charge < -0.3 is 15.2 Å². The molecule has 1 aromatic rings. The van der Waals surface area contributed by atoms with Crippen LogP contribution in [-0.2, 0) is 4.79 Å². The van der Waals surface area contributed by atoms with Crippen molar-refractivity contribution >= 4 is 5.97 Å². The average Bonchev–Trinajstić information content (AvgIpc) is 2.46. The minimum absolute atomic E-state index is 0.00745. The Labute approximate surface area is 119 Å². The molecule has 0 aromatic heterocycles. The summed E-state index contributed by atoms with van der Waals surface area (Å²) < 4.78 is 5.42. The van der Waals surface area contributed by atoms with Crippen molar-refractivity contribution in [2.24, 2.45) is 0 Å². The van der Waals surface area contributed by atoms with Gasteiger partial charge in [-0.3, -0.25) is 9.69 Å². The monoisotopic (exact) mass is 278 g/mol. The fraction of sp³-hybridized carbons (Fsp3) is 0.533. The minimum atomic E-state index is -0.782. The van der Waals surface area contributed by atoms with Gasteiger partial charge in [0, 0.05) is 31.2 Å². The highest BCUT2D eigenvalue weighted by atomic mass is 16.5. The van der Waals surface area contributed by atoms with Gasteiger partial charge in [-0.05, 0) is 19.9 Å². The van der Waals surface area contributed by atoms with Crippen molar-refractivity contribution in [2.45, 2.75) is 25.9 Å². The second-order valence-corrected chi connectivity index (χ2v) is 5.22. The smallest absolute Gasteiger partial charge is 0.322 e. The highest BCUT2D eigenvalue weighted by Gasteiger charge is 2.33. The van der Waals surface area contributed by atoms with Crippen LogP contribution in [0.15, 0.2) is 18.2 Å². The van der Waals surface area contributed by atoms with Crippen molar-refractivity contribution in [3.63, 3.8) is 0 Å². The van der Waals surface area contributed by atoms with Gasteiger partial charge in [0.25, 0.3) is 0 Å². The number of benzene rings is 1. The summed E-state index contributed by atoms with van der Waals surface area (Å²) in [5.41, 5.74) is 2.19. The molecule has 2 N–H and O–H groups in total. The molecule has 20 heavy (non-hydrogen) atoms. The maximum atomic E-state index is 11.4. The normalized spacial score (nSPS) is 21.4. The molecular formula is C15H22N2O3. The number of carboxylic acid groups (broad SMARTS) is 1. The Morgan fingerprint density at radius 3 is 2.95 bits per heavy atom. The van der Waals surface area contributed by atoms with Crippen molar-refractivity contribution in [3.05, 3.63) is 29.3 Å². The van der Waals surface area contributed by atoms with Crippen LogP contribution in [0.5, 0.6) is 5.75 Å². The molecule has 2 atom stereocenters. The molecule has 1 heterocycles. The van der Waals surface area contributed by atoms with E-state index in [2.05, 4.69) is 11.4 Å². The Kier molecular flexibility index (Phi) is 4.62. The summed E-state index contributed by atoms with van der Waals surface area (Å²) >= 11 is 0. The Morgan fingerprint density at radius 1 is 1.55 bits per heavy atom. The molecule has 1 fully saturated rings. The summed E-state index contributed by atoms with van der Waals surface area (Å²) in [6.45, 7) is 6.08. The number of nitrogens with one attached hydrogen (secondary N) is 1. The lowest BCUT2D eigenvalue weighted by Crippen LogP contribution is -2.55. The quantitative estimate of drug-likeness (QED) is 0.872. The predicted octanol–water partition coefficient (Wildman–Crippen LogP) is 1.42. The third-order valence-corrected chi connectivity index (χ3v) is 3.90. The second-order valence-electron chi connectivity index (χ2n) is 5.22. The molecular weight excluding hydrogens is 256 g/mol. The first kappa shape index (κ1) is 14.8. The summed E-state index contributed by atoms with van der Waals surface area (Å²) in [6, 6.07) is 5.53. The van der Waals surface area contributed by atoms with Gasteiger partial charge in [-0.2, -0.15) is 0 Å². The van der Waals surface area contributed by atoms with Crippen molar-refractivity contribution in [3.8, 4) is 5.75 Å². The molecule has 0 aliphatic carbocycles. The zero-order valence-corrected chi connectivity index (χ0v) is 12.2. The first-order chi connectivity index (χ1) is 9.54. The third kappa shape index (κ3) is 2.94. The lowest BCUT2D eigenvalue weighted by Gasteiger charge is -2.38. The molecule has 1 aromatic carbocycles. The molecule has 5 heteroatoms. The maximum Gasteiger partial charge on any atom is 0.322 e. The van der Waals surface area contributed by atoms with Crippen molar-refractivity contribution in [1.82, 2.24) is 10.2 Å². The summed E-state index contributed by atoms with van der Waals surface area (Å²) in [7, 11) is 1.65. The molecule has 0 bridgehead atoms. The summed E-state index contributed by atoms with van der Waals surface area (Å²) in [5.74, 6) is 0.0291. The van der Waals surface area contributed by atoms with E-state index in [4.69, 9.17) is 4.74 Å². The molecule has 1 aliphatic heterocycles. The van der Waals surface area contributed by atoms with Gasteiger partial charge in [-0.15, -0.1) is 0 Å². The van der Waals surface area contributed by atoms with Crippen LogP contribution >= 0.6 is 0 Å². The zero-order chi connectivity index (χ0) is 14.7. The van der Waals surface area contributed by atoms with Gasteiger partial charge in [0.15, 0.2) is 0 Å². The molecule has 0 saturated carbocycles. The van der Waals surface area contributed by atoms with Crippen molar-refractivity contribution < 1.29 is 14.6 Å². The van der Waals surface area contributed by atoms with Crippen molar-refractivity contribution in [1.29, 1.82) is 0 Å². The van der Waals surface area contributed by atoms with E-state index in [0.29, 0.717) is 6.54 Å². The van der Waals surface area contributed by atoms with E-state index in [-0.39, 0.29) is 6.04 Å². The lowest BCUT2D eigenvalue weighted by atomic mass is 10.0. The summed E-state index contributed by atoms with van der Waals surface area (Å²) in [5, 5.41) is 12.5. The number of hydrogen-bond acceptors (Lipinski definition) is 4. The molecule has 110 valence electrons. The molecule has 0 radical (unpaired) electrons. The van der Waals surface area contributed by atoms with E-state index in [9.17, 15) is 9.90 Å². The number of aliphatic carboxylic acids is 1. The molecule has 0 amide bonds. The third-order valence-electron chi connectivity index (χ3n) is 3.90. The van der Waals surface area contributed by atoms with Crippen molar-refractivity contribution in [2.75, 3.05) is 26.7 Å². The number of hydrogen-bond donors (Lipinski definition) is 2. The number of aryl methyl sites for hydroxylation is 1. The average molecular weight is 278 g/mol. The first-order valence-electron chi connectivity index (χ1n) is 6.88. The van der Waals surface area contributed by atoms with E-state index >= 15 is 0 Å². The Bertz CT molecular complexity index is 490. The van der Waals surface area contributed by atoms with Crippen LogP contribution < -0.4 is 10.1 Å². The molecule has 2 rings (SSSR count). The molecule has 0 spiro atoms. The maximum absolute atomic E-state index is 11.4. The van der Waals surface area contributed by atoms with Gasteiger partial charge in [0.2, 0.25) is 0 Å². The van der Waals surface area contributed by atoms with E-state index in [0.717, 1.165) is 30.0 Å².